The molecule has 0 amide bonds. The molecule has 0 radical (unpaired) electrons. The molecule has 0 spiro atoms. The van der Waals surface area contributed by atoms with E-state index in [1.54, 1.807) is 11.8 Å². The van der Waals surface area contributed by atoms with Crippen LogP contribution >= 0.6 is 11.8 Å². The predicted octanol–water partition coefficient (Wildman–Crippen LogP) is 4.02. The summed E-state index contributed by atoms with van der Waals surface area (Å²) < 4.78 is 7.95. The summed E-state index contributed by atoms with van der Waals surface area (Å²) in [5, 5.41) is 9.93. The molecule has 2 heterocycles. The highest BCUT2D eigenvalue weighted by molar-refractivity contribution is 7.99. The lowest BCUT2D eigenvalue weighted by atomic mass is 10.1. The molecule has 0 N–H and O–H groups in total. The second-order valence-corrected chi connectivity index (χ2v) is 8.26. The van der Waals surface area contributed by atoms with Crippen molar-refractivity contribution in [2.45, 2.75) is 44.8 Å². The van der Waals surface area contributed by atoms with E-state index < -0.39 is 0 Å². The van der Waals surface area contributed by atoms with E-state index in [4.69, 9.17) is 4.74 Å². The fourth-order valence-corrected chi connectivity index (χ4v) is 3.91. The molecule has 0 saturated carbocycles. The number of hydrogen-bond acceptors (Lipinski definition) is 5. The van der Waals surface area contributed by atoms with Crippen LogP contribution in [0.2, 0.25) is 0 Å². The third kappa shape index (κ3) is 5.56. The van der Waals surface area contributed by atoms with Gasteiger partial charge in [0.2, 0.25) is 0 Å². The van der Waals surface area contributed by atoms with Crippen molar-refractivity contribution < 1.29 is 4.74 Å². The van der Waals surface area contributed by atoms with Crippen molar-refractivity contribution in [2.75, 3.05) is 32.1 Å². The lowest BCUT2D eigenvalue weighted by molar-refractivity contribution is 0.138. The fraction of sp³-hybridized carbons (Fsp3) is 0.600. The van der Waals surface area contributed by atoms with Gasteiger partial charge in [-0.2, -0.15) is 0 Å². The van der Waals surface area contributed by atoms with E-state index in [-0.39, 0.29) is 0 Å². The first-order valence-corrected chi connectivity index (χ1v) is 10.6. The SMILES string of the molecule is CC(C)CCOCCSc1nnc(CN2CCCC2)n1-c1ccccc1. The average molecular weight is 375 g/mol. The van der Waals surface area contributed by atoms with Crippen LogP contribution in [0.15, 0.2) is 35.5 Å². The smallest absolute Gasteiger partial charge is 0.195 e. The van der Waals surface area contributed by atoms with E-state index in [1.165, 1.54) is 12.8 Å². The zero-order valence-corrected chi connectivity index (χ0v) is 16.7. The van der Waals surface area contributed by atoms with Crippen molar-refractivity contribution in [3.63, 3.8) is 0 Å². The third-order valence-electron chi connectivity index (χ3n) is 4.58. The van der Waals surface area contributed by atoms with Gasteiger partial charge in [0.25, 0.3) is 0 Å². The summed E-state index contributed by atoms with van der Waals surface area (Å²) in [6, 6.07) is 10.4. The minimum Gasteiger partial charge on any atom is -0.381 e. The molecule has 1 aromatic carbocycles. The maximum absolute atomic E-state index is 5.74. The summed E-state index contributed by atoms with van der Waals surface area (Å²) in [5.74, 6) is 2.62. The lowest BCUT2D eigenvalue weighted by Crippen LogP contribution is -2.21. The summed E-state index contributed by atoms with van der Waals surface area (Å²) in [4.78, 5) is 2.47. The van der Waals surface area contributed by atoms with Crippen molar-refractivity contribution in [3.8, 4) is 5.69 Å². The molecule has 1 fully saturated rings. The standard InChI is InChI=1S/C20H30N4OS/c1-17(2)10-13-25-14-15-26-20-22-21-19(16-23-11-6-7-12-23)24(20)18-8-4-3-5-9-18/h3-5,8-9,17H,6-7,10-16H2,1-2H3. The van der Waals surface area contributed by atoms with Gasteiger partial charge in [0.05, 0.1) is 13.2 Å². The highest BCUT2D eigenvalue weighted by atomic mass is 32.2. The monoisotopic (exact) mass is 374 g/mol. The van der Waals surface area contributed by atoms with Gasteiger partial charge in [-0.25, -0.2) is 0 Å². The van der Waals surface area contributed by atoms with Crippen LogP contribution in [0.1, 0.15) is 38.9 Å². The topological polar surface area (TPSA) is 43.2 Å². The molecule has 0 unspecified atom stereocenters. The first-order chi connectivity index (χ1) is 12.7. The molecule has 2 aromatic rings. The Labute approximate surface area is 161 Å². The van der Waals surface area contributed by atoms with E-state index in [9.17, 15) is 0 Å². The fourth-order valence-electron chi connectivity index (χ4n) is 3.09. The van der Waals surface area contributed by atoms with Crippen molar-refractivity contribution in [1.29, 1.82) is 0 Å². The summed E-state index contributed by atoms with van der Waals surface area (Å²) >= 11 is 1.73. The van der Waals surface area contributed by atoms with Crippen LogP contribution in [-0.2, 0) is 11.3 Å². The Morgan fingerprint density at radius 3 is 2.58 bits per heavy atom. The van der Waals surface area contributed by atoms with Gasteiger partial charge in [-0.15, -0.1) is 10.2 Å². The Kier molecular flexibility index (Phi) is 7.53. The van der Waals surface area contributed by atoms with Crippen LogP contribution < -0.4 is 0 Å². The first kappa shape index (κ1) is 19.4. The number of benzene rings is 1. The normalized spacial score (nSPS) is 15.2. The molecular weight excluding hydrogens is 344 g/mol. The van der Waals surface area contributed by atoms with E-state index >= 15 is 0 Å². The maximum Gasteiger partial charge on any atom is 0.195 e. The Balaban J connectivity index is 1.63. The van der Waals surface area contributed by atoms with Gasteiger partial charge in [-0.1, -0.05) is 43.8 Å². The number of rotatable bonds is 10. The Morgan fingerprint density at radius 2 is 1.85 bits per heavy atom. The number of aromatic nitrogens is 3. The predicted molar refractivity (Wildman–Crippen MR) is 107 cm³/mol. The highest BCUT2D eigenvalue weighted by Crippen LogP contribution is 2.23. The number of hydrogen-bond donors (Lipinski definition) is 0. The summed E-state index contributed by atoms with van der Waals surface area (Å²) in [7, 11) is 0. The molecular formula is C20H30N4OS. The number of para-hydroxylation sites is 1. The van der Waals surface area contributed by atoms with Crippen molar-refractivity contribution in [3.05, 3.63) is 36.2 Å². The van der Waals surface area contributed by atoms with Crippen molar-refractivity contribution >= 4 is 11.8 Å². The number of nitrogens with zero attached hydrogens (tertiary/aromatic N) is 4. The van der Waals surface area contributed by atoms with E-state index in [0.29, 0.717) is 5.92 Å². The second-order valence-electron chi connectivity index (χ2n) is 7.20. The maximum atomic E-state index is 5.74. The van der Waals surface area contributed by atoms with Gasteiger partial charge >= 0.3 is 0 Å². The molecule has 1 aliphatic rings. The van der Waals surface area contributed by atoms with E-state index in [0.717, 1.165) is 61.7 Å². The molecule has 3 rings (SSSR count). The molecule has 142 valence electrons. The largest absolute Gasteiger partial charge is 0.381 e. The average Bonchev–Trinajstić information content (AvgIpc) is 3.29. The zero-order chi connectivity index (χ0) is 18.2. The van der Waals surface area contributed by atoms with Crippen LogP contribution in [0.25, 0.3) is 5.69 Å². The molecule has 1 saturated heterocycles. The minimum atomic E-state index is 0.692. The van der Waals surface area contributed by atoms with E-state index in [2.05, 4.69) is 57.8 Å². The van der Waals surface area contributed by atoms with Gasteiger partial charge in [-0.05, 0) is 50.4 Å². The Bertz CT molecular complexity index is 653. The van der Waals surface area contributed by atoms with Crippen molar-refractivity contribution in [1.82, 2.24) is 19.7 Å². The van der Waals surface area contributed by atoms with Crippen LogP contribution in [0.3, 0.4) is 0 Å². The lowest BCUT2D eigenvalue weighted by Gasteiger charge is -2.16. The van der Waals surface area contributed by atoms with Gasteiger partial charge in [0.15, 0.2) is 11.0 Å². The van der Waals surface area contributed by atoms with Crippen LogP contribution in [-0.4, -0.2) is 51.7 Å². The highest BCUT2D eigenvalue weighted by Gasteiger charge is 2.19. The van der Waals surface area contributed by atoms with Gasteiger partial charge in [-0.3, -0.25) is 9.47 Å². The zero-order valence-electron chi connectivity index (χ0n) is 15.9. The van der Waals surface area contributed by atoms with Crippen LogP contribution in [0, 0.1) is 5.92 Å². The van der Waals surface area contributed by atoms with Gasteiger partial charge < -0.3 is 4.74 Å². The number of likely N-dealkylation sites (tertiary alicyclic amines) is 1. The van der Waals surface area contributed by atoms with Gasteiger partial charge in [0, 0.05) is 18.0 Å². The molecule has 6 heteroatoms. The molecule has 5 nitrogen and oxygen atoms in total. The Morgan fingerprint density at radius 1 is 1.08 bits per heavy atom. The quantitative estimate of drug-likeness (QED) is 0.464. The first-order valence-electron chi connectivity index (χ1n) is 9.66. The second kappa shape index (κ2) is 10.1. The van der Waals surface area contributed by atoms with Crippen LogP contribution in [0.4, 0.5) is 0 Å². The molecule has 0 bridgehead atoms. The molecule has 26 heavy (non-hydrogen) atoms. The van der Waals surface area contributed by atoms with Crippen molar-refractivity contribution in [2.24, 2.45) is 5.92 Å². The Hall–Kier alpha value is -1.37. The molecule has 1 aliphatic heterocycles. The summed E-state index contributed by atoms with van der Waals surface area (Å²) in [6.07, 6.45) is 3.69. The molecule has 1 aromatic heterocycles. The summed E-state index contributed by atoms with van der Waals surface area (Å²) in [6.45, 7) is 9.23. The summed E-state index contributed by atoms with van der Waals surface area (Å²) in [5.41, 5.74) is 1.13. The number of ether oxygens (including phenoxy) is 1. The number of thioether (sulfide) groups is 1. The molecule has 0 atom stereocenters. The van der Waals surface area contributed by atoms with Gasteiger partial charge in [0.1, 0.15) is 0 Å². The van der Waals surface area contributed by atoms with Crippen LogP contribution in [0.5, 0.6) is 0 Å². The minimum absolute atomic E-state index is 0.692. The third-order valence-corrected chi connectivity index (χ3v) is 5.47. The van der Waals surface area contributed by atoms with E-state index in [1.807, 2.05) is 6.07 Å². The molecule has 0 aliphatic carbocycles.